The number of nitrogens with one attached hydrogen (secondary N) is 1. The van der Waals surface area contributed by atoms with Gasteiger partial charge in [0.25, 0.3) is 0 Å². The molecule has 0 bridgehead atoms. The number of likely N-dealkylation sites (N-methyl/N-ethyl adjacent to an activating group) is 1. The van der Waals surface area contributed by atoms with Crippen molar-refractivity contribution in [2.45, 2.75) is 19.5 Å². The molecule has 1 atom stereocenters. The Bertz CT molecular complexity index is 996. The molecule has 162 valence electrons. The maximum Gasteiger partial charge on any atom is 0.244 e. The lowest BCUT2D eigenvalue weighted by molar-refractivity contribution is -0.139. The van der Waals surface area contributed by atoms with E-state index in [4.69, 9.17) is 23.2 Å². The fraction of sp³-hybridized carbons (Fsp3) is 0.300. The molecule has 10 heteroatoms. The predicted octanol–water partition coefficient (Wildman–Crippen LogP) is 2.92. The summed E-state index contributed by atoms with van der Waals surface area (Å²) in [6.45, 7) is 1.23. The highest BCUT2D eigenvalue weighted by Crippen LogP contribution is 2.21. The molecule has 0 aliphatic rings. The Morgan fingerprint density at radius 1 is 1.00 bits per heavy atom. The summed E-state index contributed by atoms with van der Waals surface area (Å²) in [6, 6.07) is 12.1. The number of nitrogens with zero attached hydrogens (tertiary/aromatic N) is 2. The Balaban J connectivity index is 2.35. The van der Waals surface area contributed by atoms with Crippen LogP contribution in [-0.4, -0.2) is 51.0 Å². The number of sulfonamides is 1. The number of hydrogen-bond acceptors (Lipinski definition) is 4. The molecular formula is C20H23Cl2N3O4S. The summed E-state index contributed by atoms with van der Waals surface area (Å²) in [6.07, 6.45) is 1.01. The van der Waals surface area contributed by atoms with Crippen molar-refractivity contribution in [2.75, 3.05) is 24.2 Å². The van der Waals surface area contributed by atoms with Gasteiger partial charge in [0.2, 0.25) is 21.8 Å². The van der Waals surface area contributed by atoms with Crippen LogP contribution in [-0.2, 0) is 26.2 Å². The second kappa shape index (κ2) is 10.1. The van der Waals surface area contributed by atoms with Crippen LogP contribution >= 0.6 is 23.2 Å². The number of benzene rings is 2. The maximum absolute atomic E-state index is 13.2. The summed E-state index contributed by atoms with van der Waals surface area (Å²) >= 11 is 11.8. The first-order valence-electron chi connectivity index (χ1n) is 9.01. The van der Waals surface area contributed by atoms with E-state index < -0.39 is 28.5 Å². The van der Waals surface area contributed by atoms with E-state index in [-0.39, 0.29) is 12.5 Å². The van der Waals surface area contributed by atoms with Gasteiger partial charge in [-0.2, -0.15) is 0 Å². The molecule has 0 aliphatic carbocycles. The number of carbonyl (C=O) groups is 2. The molecule has 0 spiro atoms. The normalized spacial score (nSPS) is 12.2. The molecular weight excluding hydrogens is 449 g/mol. The van der Waals surface area contributed by atoms with E-state index in [9.17, 15) is 18.0 Å². The van der Waals surface area contributed by atoms with Gasteiger partial charge in [-0.25, -0.2) is 8.42 Å². The third-order valence-electron chi connectivity index (χ3n) is 4.47. The molecule has 2 aromatic rings. The van der Waals surface area contributed by atoms with Crippen LogP contribution < -0.4 is 9.62 Å². The minimum Gasteiger partial charge on any atom is -0.357 e. The zero-order chi connectivity index (χ0) is 22.5. The van der Waals surface area contributed by atoms with Crippen molar-refractivity contribution in [3.8, 4) is 0 Å². The van der Waals surface area contributed by atoms with Crippen LogP contribution in [0.2, 0.25) is 10.0 Å². The summed E-state index contributed by atoms with van der Waals surface area (Å²) in [7, 11) is -2.29. The molecule has 0 aromatic heterocycles. The van der Waals surface area contributed by atoms with Crippen LogP contribution in [0.3, 0.4) is 0 Å². The molecule has 30 heavy (non-hydrogen) atoms. The minimum absolute atomic E-state index is 0.114. The fourth-order valence-corrected chi connectivity index (χ4v) is 3.90. The zero-order valence-corrected chi connectivity index (χ0v) is 19.1. The van der Waals surface area contributed by atoms with Crippen molar-refractivity contribution in [3.05, 3.63) is 64.1 Å². The number of amides is 2. The largest absolute Gasteiger partial charge is 0.357 e. The van der Waals surface area contributed by atoms with Gasteiger partial charge in [-0.15, -0.1) is 0 Å². The third-order valence-corrected chi connectivity index (χ3v) is 6.12. The van der Waals surface area contributed by atoms with Gasteiger partial charge >= 0.3 is 0 Å². The van der Waals surface area contributed by atoms with Gasteiger partial charge in [0.1, 0.15) is 12.6 Å². The van der Waals surface area contributed by atoms with Gasteiger partial charge in [0.05, 0.1) is 11.9 Å². The highest BCUT2D eigenvalue weighted by atomic mass is 35.5. The SMILES string of the molecule is CNC(=O)[C@H](C)N(Cc1ccc(Cl)cc1)C(=O)CN(c1ccc(Cl)cc1)S(C)(=O)=O. The van der Waals surface area contributed by atoms with E-state index in [2.05, 4.69) is 5.32 Å². The molecule has 7 nitrogen and oxygen atoms in total. The minimum atomic E-state index is -3.76. The van der Waals surface area contributed by atoms with Gasteiger partial charge < -0.3 is 10.2 Å². The van der Waals surface area contributed by atoms with Crippen LogP contribution in [0.15, 0.2) is 48.5 Å². The number of carbonyl (C=O) groups excluding carboxylic acids is 2. The number of rotatable bonds is 8. The van der Waals surface area contributed by atoms with Crippen LogP contribution in [0.4, 0.5) is 5.69 Å². The van der Waals surface area contributed by atoms with Crippen molar-refractivity contribution >= 4 is 50.7 Å². The van der Waals surface area contributed by atoms with Gasteiger partial charge in [-0.05, 0) is 48.9 Å². The summed E-state index contributed by atoms with van der Waals surface area (Å²) in [5.41, 5.74) is 1.05. The van der Waals surface area contributed by atoms with Crippen molar-refractivity contribution in [3.63, 3.8) is 0 Å². The second-order valence-electron chi connectivity index (χ2n) is 6.68. The summed E-state index contributed by atoms with van der Waals surface area (Å²) in [4.78, 5) is 26.7. The molecule has 0 unspecified atom stereocenters. The van der Waals surface area contributed by atoms with E-state index in [1.807, 2.05) is 0 Å². The lowest BCUT2D eigenvalue weighted by atomic mass is 10.1. The summed E-state index contributed by atoms with van der Waals surface area (Å²) in [5, 5.41) is 3.50. The van der Waals surface area contributed by atoms with Gasteiger partial charge in [-0.1, -0.05) is 35.3 Å². The lowest BCUT2D eigenvalue weighted by Crippen LogP contribution is -2.50. The van der Waals surface area contributed by atoms with Gasteiger partial charge in [-0.3, -0.25) is 13.9 Å². The standard InChI is InChI=1S/C20H23Cl2N3O4S/c1-14(20(27)23-2)24(12-15-4-6-16(21)7-5-15)19(26)13-25(30(3,28)29)18-10-8-17(22)9-11-18/h4-11,14H,12-13H2,1-3H3,(H,23,27)/t14-/m0/s1. The molecule has 0 saturated heterocycles. The number of anilines is 1. The second-order valence-corrected chi connectivity index (χ2v) is 9.46. The Morgan fingerprint density at radius 3 is 1.97 bits per heavy atom. The first-order chi connectivity index (χ1) is 14.0. The Morgan fingerprint density at radius 2 is 1.50 bits per heavy atom. The Labute approximate surface area is 186 Å². The topological polar surface area (TPSA) is 86.8 Å². The lowest BCUT2D eigenvalue weighted by Gasteiger charge is -2.31. The fourth-order valence-electron chi connectivity index (χ4n) is 2.80. The van der Waals surface area contributed by atoms with E-state index in [1.165, 1.54) is 36.2 Å². The first kappa shape index (κ1) is 24.0. The average Bonchev–Trinajstić information content (AvgIpc) is 2.70. The summed E-state index contributed by atoms with van der Waals surface area (Å²) < 4.78 is 25.7. The highest BCUT2D eigenvalue weighted by Gasteiger charge is 2.29. The quantitative estimate of drug-likeness (QED) is 0.640. The molecule has 2 amide bonds. The summed E-state index contributed by atoms with van der Waals surface area (Å²) in [5.74, 6) is -0.892. The van der Waals surface area contributed by atoms with E-state index in [0.29, 0.717) is 15.7 Å². The van der Waals surface area contributed by atoms with Gasteiger partial charge in [0, 0.05) is 23.6 Å². The maximum atomic E-state index is 13.2. The van der Waals surface area contributed by atoms with Crippen molar-refractivity contribution < 1.29 is 18.0 Å². The highest BCUT2D eigenvalue weighted by molar-refractivity contribution is 7.92. The molecule has 0 radical (unpaired) electrons. The molecule has 0 aliphatic heterocycles. The smallest absolute Gasteiger partial charge is 0.244 e. The van der Waals surface area contributed by atoms with Crippen molar-refractivity contribution in [1.82, 2.24) is 10.2 Å². The van der Waals surface area contributed by atoms with Crippen LogP contribution in [0.25, 0.3) is 0 Å². The molecule has 0 saturated carbocycles. The van der Waals surface area contributed by atoms with Crippen molar-refractivity contribution in [1.29, 1.82) is 0 Å². The Hall–Kier alpha value is -2.29. The van der Waals surface area contributed by atoms with E-state index in [0.717, 1.165) is 16.1 Å². The molecule has 2 aromatic carbocycles. The van der Waals surface area contributed by atoms with Gasteiger partial charge in [0.15, 0.2) is 0 Å². The predicted molar refractivity (Wildman–Crippen MR) is 119 cm³/mol. The number of halogens is 2. The van der Waals surface area contributed by atoms with E-state index >= 15 is 0 Å². The monoisotopic (exact) mass is 471 g/mol. The van der Waals surface area contributed by atoms with Crippen LogP contribution in [0.5, 0.6) is 0 Å². The molecule has 2 rings (SSSR count). The molecule has 0 fully saturated rings. The average molecular weight is 472 g/mol. The Kier molecular flexibility index (Phi) is 8.11. The molecule has 1 N–H and O–H groups in total. The first-order valence-corrected chi connectivity index (χ1v) is 11.6. The third kappa shape index (κ3) is 6.35. The van der Waals surface area contributed by atoms with E-state index in [1.54, 1.807) is 31.2 Å². The van der Waals surface area contributed by atoms with Crippen LogP contribution in [0.1, 0.15) is 12.5 Å². The molecule has 0 heterocycles. The zero-order valence-electron chi connectivity index (χ0n) is 16.8. The number of hydrogen-bond donors (Lipinski definition) is 1. The van der Waals surface area contributed by atoms with Crippen molar-refractivity contribution in [2.24, 2.45) is 0 Å². The van der Waals surface area contributed by atoms with Crippen LogP contribution in [0, 0.1) is 0 Å².